The van der Waals surface area contributed by atoms with Crippen LogP contribution in [0.5, 0.6) is 0 Å². The lowest BCUT2D eigenvalue weighted by atomic mass is 9.82. The Kier molecular flexibility index (Phi) is 2.88. The van der Waals surface area contributed by atoms with E-state index in [1.165, 1.54) is 7.11 Å². The Hall–Kier alpha value is -0.530. The summed E-state index contributed by atoms with van der Waals surface area (Å²) in [6, 6.07) is 0. The van der Waals surface area contributed by atoms with Gasteiger partial charge in [0.25, 0.3) is 0 Å². The Balaban J connectivity index is 4.08. The van der Waals surface area contributed by atoms with Crippen molar-refractivity contribution < 1.29 is 9.53 Å². The molecule has 0 amide bonds. The van der Waals surface area contributed by atoms with E-state index in [0.717, 1.165) is 0 Å². The summed E-state index contributed by atoms with van der Waals surface area (Å²) in [4.78, 5) is 10.9. The van der Waals surface area contributed by atoms with Gasteiger partial charge < -0.3 is 4.74 Å². The van der Waals surface area contributed by atoms with Crippen LogP contribution in [-0.2, 0) is 9.53 Å². The SMILES string of the molecule is COC(=O)C(C)C(C)(C)C. The molecule has 0 aliphatic rings. The summed E-state index contributed by atoms with van der Waals surface area (Å²) < 4.78 is 4.60. The van der Waals surface area contributed by atoms with E-state index in [9.17, 15) is 4.79 Å². The van der Waals surface area contributed by atoms with Crippen LogP contribution >= 0.6 is 0 Å². The minimum absolute atomic E-state index is 0.00704. The lowest BCUT2D eigenvalue weighted by Crippen LogP contribution is -2.26. The van der Waals surface area contributed by atoms with E-state index in [1.54, 1.807) is 0 Å². The predicted octanol–water partition coefficient (Wildman–Crippen LogP) is 1.84. The van der Waals surface area contributed by atoms with E-state index in [1.807, 2.05) is 27.7 Å². The molecule has 0 bridgehead atoms. The molecule has 0 radical (unpaired) electrons. The lowest BCUT2D eigenvalue weighted by Gasteiger charge is -2.24. The van der Waals surface area contributed by atoms with Crippen molar-refractivity contribution in [1.82, 2.24) is 0 Å². The first-order valence-electron chi connectivity index (χ1n) is 3.47. The molecule has 2 heteroatoms. The zero-order valence-electron chi connectivity index (χ0n) is 7.39. The molecule has 0 saturated carbocycles. The van der Waals surface area contributed by atoms with E-state index in [2.05, 4.69) is 4.74 Å². The molecular formula is C8H16O2. The number of hydrogen-bond acceptors (Lipinski definition) is 2. The minimum atomic E-state index is -0.132. The molecule has 0 aromatic heterocycles. The summed E-state index contributed by atoms with van der Waals surface area (Å²) in [6.45, 7) is 7.95. The Morgan fingerprint density at radius 3 is 1.90 bits per heavy atom. The highest BCUT2D eigenvalue weighted by molar-refractivity contribution is 5.72. The zero-order valence-corrected chi connectivity index (χ0v) is 7.39. The molecule has 10 heavy (non-hydrogen) atoms. The Morgan fingerprint density at radius 2 is 1.80 bits per heavy atom. The number of carbonyl (C=O) groups excluding carboxylic acids is 1. The number of rotatable bonds is 1. The highest BCUT2D eigenvalue weighted by atomic mass is 16.5. The van der Waals surface area contributed by atoms with Gasteiger partial charge in [0, 0.05) is 0 Å². The van der Waals surface area contributed by atoms with Crippen molar-refractivity contribution in [3.8, 4) is 0 Å². The average molecular weight is 144 g/mol. The number of carbonyl (C=O) groups is 1. The van der Waals surface area contributed by atoms with Crippen LogP contribution in [-0.4, -0.2) is 13.1 Å². The smallest absolute Gasteiger partial charge is 0.308 e. The van der Waals surface area contributed by atoms with Gasteiger partial charge in [-0.05, 0) is 5.41 Å². The maximum atomic E-state index is 10.9. The third-order valence-corrected chi connectivity index (χ3v) is 1.85. The Morgan fingerprint density at radius 1 is 1.40 bits per heavy atom. The van der Waals surface area contributed by atoms with Crippen molar-refractivity contribution in [3.63, 3.8) is 0 Å². The summed E-state index contributed by atoms with van der Waals surface area (Å²) in [5.41, 5.74) is 0.00704. The van der Waals surface area contributed by atoms with Crippen LogP contribution in [0.3, 0.4) is 0 Å². The molecule has 1 unspecified atom stereocenters. The molecule has 0 N–H and O–H groups in total. The molecule has 2 nitrogen and oxygen atoms in total. The monoisotopic (exact) mass is 144 g/mol. The van der Waals surface area contributed by atoms with Crippen LogP contribution in [0.1, 0.15) is 27.7 Å². The van der Waals surface area contributed by atoms with Crippen LogP contribution in [0.25, 0.3) is 0 Å². The van der Waals surface area contributed by atoms with Crippen molar-refractivity contribution in [2.75, 3.05) is 7.11 Å². The molecule has 0 aliphatic heterocycles. The van der Waals surface area contributed by atoms with Crippen molar-refractivity contribution in [2.45, 2.75) is 27.7 Å². The summed E-state index contributed by atoms with van der Waals surface area (Å²) in [5.74, 6) is -0.162. The normalized spacial score (nSPS) is 14.5. The molecule has 0 rings (SSSR count). The topological polar surface area (TPSA) is 26.3 Å². The quantitative estimate of drug-likeness (QED) is 0.525. The second kappa shape index (κ2) is 3.04. The number of ether oxygens (including phenoxy) is 1. The molecule has 0 aromatic rings. The number of hydrogen-bond donors (Lipinski definition) is 0. The third kappa shape index (κ3) is 2.38. The maximum absolute atomic E-state index is 10.9. The predicted molar refractivity (Wildman–Crippen MR) is 40.6 cm³/mol. The van der Waals surface area contributed by atoms with Gasteiger partial charge in [-0.1, -0.05) is 27.7 Å². The molecule has 1 atom stereocenters. The molecule has 0 aliphatic carbocycles. The first kappa shape index (κ1) is 9.47. The van der Waals surface area contributed by atoms with Gasteiger partial charge in [0.05, 0.1) is 13.0 Å². The van der Waals surface area contributed by atoms with Crippen LogP contribution in [0, 0.1) is 11.3 Å². The molecule has 60 valence electrons. The molecule has 0 aromatic carbocycles. The van der Waals surface area contributed by atoms with Crippen LogP contribution < -0.4 is 0 Å². The largest absolute Gasteiger partial charge is 0.469 e. The van der Waals surface area contributed by atoms with Gasteiger partial charge in [-0.3, -0.25) is 4.79 Å². The van der Waals surface area contributed by atoms with Crippen LogP contribution in [0.2, 0.25) is 0 Å². The molecule has 0 saturated heterocycles. The average Bonchev–Trinajstić information content (AvgIpc) is 1.83. The molecule has 0 heterocycles. The second-order valence-corrected chi connectivity index (χ2v) is 3.61. The summed E-state index contributed by atoms with van der Waals surface area (Å²) in [6.07, 6.45) is 0. The van der Waals surface area contributed by atoms with E-state index in [4.69, 9.17) is 0 Å². The van der Waals surface area contributed by atoms with Gasteiger partial charge in [0.1, 0.15) is 0 Å². The van der Waals surface area contributed by atoms with Crippen molar-refractivity contribution in [1.29, 1.82) is 0 Å². The van der Waals surface area contributed by atoms with Crippen LogP contribution in [0.4, 0.5) is 0 Å². The summed E-state index contributed by atoms with van der Waals surface area (Å²) in [7, 11) is 1.42. The zero-order chi connectivity index (χ0) is 8.36. The standard InChI is InChI=1S/C8H16O2/c1-6(7(9)10-5)8(2,3)4/h6H,1-5H3. The van der Waals surface area contributed by atoms with Crippen LogP contribution in [0.15, 0.2) is 0 Å². The van der Waals surface area contributed by atoms with E-state index in [0.29, 0.717) is 0 Å². The summed E-state index contributed by atoms with van der Waals surface area (Å²) in [5, 5.41) is 0. The third-order valence-electron chi connectivity index (χ3n) is 1.85. The van der Waals surface area contributed by atoms with Gasteiger partial charge in [-0.2, -0.15) is 0 Å². The van der Waals surface area contributed by atoms with Gasteiger partial charge in [-0.25, -0.2) is 0 Å². The molecule has 0 fully saturated rings. The summed E-state index contributed by atoms with van der Waals surface area (Å²) >= 11 is 0. The van der Waals surface area contributed by atoms with Crippen molar-refractivity contribution >= 4 is 5.97 Å². The van der Waals surface area contributed by atoms with Gasteiger partial charge >= 0.3 is 5.97 Å². The van der Waals surface area contributed by atoms with Crippen molar-refractivity contribution in [2.24, 2.45) is 11.3 Å². The van der Waals surface area contributed by atoms with Gasteiger partial charge in [0.2, 0.25) is 0 Å². The Labute approximate surface area is 62.6 Å². The van der Waals surface area contributed by atoms with Gasteiger partial charge in [0.15, 0.2) is 0 Å². The number of esters is 1. The maximum Gasteiger partial charge on any atom is 0.308 e. The first-order valence-corrected chi connectivity index (χ1v) is 3.47. The fourth-order valence-electron chi connectivity index (χ4n) is 0.530. The lowest BCUT2D eigenvalue weighted by molar-refractivity contribution is -0.148. The molecular weight excluding hydrogens is 128 g/mol. The highest BCUT2D eigenvalue weighted by Crippen LogP contribution is 2.25. The Bertz CT molecular complexity index is 122. The number of methoxy groups -OCH3 is 1. The fraction of sp³-hybridized carbons (Fsp3) is 0.875. The van der Waals surface area contributed by atoms with E-state index in [-0.39, 0.29) is 17.3 Å². The minimum Gasteiger partial charge on any atom is -0.469 e. The highest BCUT2D eigenvalue weighted by Gasteiger charge is 2.27. The van der Waals surface area contributed by atoms with Gasteiger partial charge in [-0.15, -0.1) is 0 Å². The molecule has 0 spiro atoms. The van der Waals surface area contributed by atoms with Crippen molar-refractivity contribution in [3.05, 3.63) is 0 Å². The van der Waals surface area contributed by atoms with E-state index < -0.39 is 0 Å². The fourth-order valence-corrected chi connectivity index (χ4v) is 0.530. The second-order valence-electron chi connectivity index (χ2n) is 3.61. The van der Waals surface area contributed by atoms with E-state index >= 15 is 0 Å². The first-order chi connectivity index (χ1) is 4.39.